The van der Waals surface area contributed by atoms with E-state index in [1.165, 1.54) is 0 Å². The van der Waals surface area contributed by atoms with Gasteiger partial charge in [-0.2, -0.15) is 27.8 Å². The molecule has 108 valence electrons. The maximum absolute atomic E-state index is 12.7. The van der Waals surface area contributed by atoms with Crippen LogP contribution < -0.4 is 0 Å². The fraction of sp³-hybridized carbons (Fsp3) is 0.400. The summed E-state index contributed by atoms with van der Waals surface area (Å²) in [7, 11) is 0. The van der Waals surface area contributed by atoms with Crippen LogP contribution in [0.25, 0.3) is 5.78 Å². The summed E-state index contributed by atoms with van der Waals surface area (Å²) in [5, 5.41) is 3.89. The highest BCUT2D eigenvalue weighted by molar-refractivity contribution is 7.99. The minimum Gasteiger partial charge on any atom is -0.465 e. The van der Waals surface area contributed by atoms with E-state index in [1.807, 2.05) is 0 Å². The molecule has 0 spiro atoms. The fourth-order valence-corrected chi connectivity index (χ4v) is 2.16. The third kappa shape index (κ3) is 3.18. The van der Waals surface area contributed by atoms with Crippen molar-refractivity contribution in [2.45, 2.75) is 18.1 Å². The molecular weight excluding hydrogens is 297 g/mol. The molecule has 0 amide bonds. The molecule has 2 rings (SSSR count). The lowest BCUT2D eigenvalue weighted by Crippen LogP contribution is -2.12. The summed E-state index contributed by atoms with van der Waals surface area (Å²) in [4.78, 5) is 18.2. The lowest BCUT2D eigenvalue weighted by molar-refractivity contribution is -0.141. The number of nitrogens with zero attached hydrogens (tertiary/aromatic N) is 4. The van der Waals surface area contributed by atoms with Crippen molar-refractivity contribution >= 4 is 23.5 Å². The molecule has 10 heteroatoms. The zero-order valence-corrected chi connectivity index (χ0v) is 11.0. The maximum atomic E-state index is 12.7. The monoisotopic (exact) mass is 306 g/mol. The molecular formula is C10H9F3N4O2S. The van der Waals surface area contributed by atoms with Crippen LogP contribution in [0.1, 0.15) is 12.6 Å². The van der Waals surface area contributed by atoms with E-state index in [4.69, 9.17) is 4.74 Å². The quantitative estimate of drug-likeness (QED) is 0.487. The fourth-order valence-electron chi connectivity index (χ4n) is 1.37. The molecule has 0 unspecified atom stereocenters. The van der Waals surface area contributed by atoms with Crippen LogP contribution in [-0.2, 0) is 15.7 Å². The Kier molecular flexibility index (Phi) is 4.12. The smallest absolute Gasteiger partial charge is 0.433 e. The molecule has 0 saturated heterocycles. The number of aromatic nitrogens is 4. The van der Waals surface area contributed by atoms with Crippen LogP contribution in [0.15, 0.2) is 17.4 Å². The zero-order valence-electron chi connectivity index (χ0n) is 10.2. The van der Waals surface area contributed by atoms with Gasteiger partial charge >= 0.3 is 12.1 Å². The first-order valence-corrected chi connectivity index (χ1v) is 6.46. The van der Waals surface area contributed by atoms with Gasteiger partial charge in [0.1, 0.15) is 11.4 Å². The van der Waals surface area contributed by atoms with E-state index < -0.39 is 17.8 Å². The standard InChI is InChI=1S/C10H9F3N4O2S/c1-2-19-8(18)4-20-7-3-6(10(11,12)13)16-9-14-5-15-17(7)9/h3,5H,2,4H2,1H3. The number of hydrogen-bond acceptors (Lipinski definition) is 6. The highest BCUT2D eigenvalue weighted by atomic mass is 32.2. The van der Waals surface area contributed by atoms with Crippen molar-refractivity contribution in [3.05, 3.63) is 18.1 Å². The second-order valence-electron chi connectivity index (χ2n) is 3.54. The predicted octanol–water partition coefficient (Wildman–Crippen LogP) is 1.80. The van der Waals surface area contributed by atoms with E-state index in [0.29, 0.717) is 0 Å². The Morgan fingerprint density at radius 3 is 2.90 bits per heavy atom. The molecule has 0 aliphatic carbocycles. The number of fused-ring (bicyclic) bond motifs is 1. The van der Waals surface area contributed by atoms with Gasteiger partial charge in [-0.15, -0.1) is 0 Å². The highest BCUT2D eigenvalue weighted by Gasteiger charge is 2.34. The normalized spacial score (nSPS) is 11.8. The Balaban J connectivity index is 2.31. The van der Waals surface area contributed by atoms with Gasteiger partial charge in [-0.3, -0.25) is 4.79 Å². The second-order valence-corrected chi connectivity index (χ2v) is 4.54. The Labute approximate surface area is 115 Å². The number of rotatable bonds is 4. The first kappa shape index (κ1) is 14.6. The number of carbonyl (C=O) groups is 1. The molecule has 0 aromatic carbocycles. The summed E-state index contributed by atoms with van der Waals surface area (Å²) in [6, 6.07) is 0.825. The summed E-state index contributed by atoms with van der Waals surface area (Å²) < 4.78 is 44.0. The van der Waals surface area contributed by atoms with Crippen LogP contribution in [0.2, 0.25) is 0 Å². The van der Waals surface area contributed by atoms with Gasteiger partial charge in [0.15, 0.2) is 5.69 Å². The van der Waals surface area contributed by atoms with E-state index in [0.717, 1.165) is 28.7 Å². The molecule has 0 atom stereocenters. The lowest BCUT2D eigenvalue weighted by Gasteiger charge is -2.09. The van der Waals surface area contributed by atoms with Crippen molar-refractivity contribution in [3.8, 4) is 0 Å². The largest absolute Gasteiger partial charge is 0.465 e. The molecule has 2 aromatic rings. The van der Waals surface area contributed by atoms with Crippen molar-refractivity contribution in [1.29, 1.82) is 0 Å². The van der Waals surface area contributed by atoms with Gasteiger partial charge in [-0.25, -0.2) is 4.98 Å². The molecule has 0 aliphatic heterocycles. The summed E-state index contributed by atoms with van der Waals surface area (Å²) in [5.41, 5.74) is -1.08. The molecule has 0 bridgehead atoms. The van der Waals surface area contributed by atoms with E-state index in [2.05, 4.69) is 15.1 Å². The molecule has 2 aromatic heterocycles. The maximum Gasteiger partial charge on any atom is 0.433 e. The number of halogens is 3. The minimum atomic E-state index is -4.59. The van der Waals surface area contributed by atoms with Gasteiger partial charge in [0.2, 0.25) is 0 Å². The molecule has 0 saturated carbocycles. The average Bonchev–Trinajstić information content (AvgIpc) is 2.83. The van der Waals surface area contributed by atoms with Gasteiger partial charge in [0, 0.05) is 6.07 Å². The van der Waals surface area contributed by atoms with E-state index in [-0.39, 0.29) is 23.2 Å². The van der Waals surface area contributed by atoms with Crippen molar-refractivity contribution in [2.75, 3.05) is 12.4 Å². The third-order valence-electron chi connectivity index (χ3n) is 2.15. The van der Waals surface area contributed by atoms with Crippen LogP contribution >= 0.6 is 11.8 Å². The Morgan fingerprint density at radius 2 is 2.25 bits per heavy atom. The van der Waals surface area contributed by atoms with Crippen molar-refractivity contribution in [2.24, 2.45) is 0 Å². The van der Waals surface area contributed by atoms with Gasteiger partial charge in [-0.05, 0) is 6.92 Å². The lowest BCUT2D eigenvalue weighted by atomic mass is 10.4. The molecule has 20 heavy (non-hydrogen) atoms. The molecule has 0 radical (unpaired) electrons. The SMILES string of the molecule is CCOC(=O)CSc1cc(C(F)(F)F)nc2ncnn12. The van der Waals surface area contributed by atoms with Gasteiger partial charge in [0.25, 0.3) is 5.78 Å². The van der Waals surface area contributed by atoms with Crippen LogP contribution in [0, 0.1) is 0 Å². The van der Waals surface area contributed by atoms with Gasteiger partial charge in [0.05, 0.1) is 12.4 Å². The van der Waals surface area contributed by atoms with Crippen molar-refractivity contribution < 1.29 is 22.7 Å². The molecule has 0 N–H and O–H groups in total. The van der Waals surface area contributed by atoms with Crippen LogP contribution in [0.5, 0.6) is 0 Å². The zero-order chi connectivity index (χ0) is 14.8. The summed E-state index contributed by atoms with van der Waals surface area (Å²) in [6.45, 7) is 1.86. The number of thioether (sulfide) groups is 1. The predicted molar refractivity (Wildman–Crippen MR) is 63.1 cm³/mol. The average molecular weight is 306 g/mol. The topological polar surface area (TPSA) is 69.4 Å². The van der Waals surface area contributed by atoms with Crippen molar-refractivity contribution in [3.63, 3.8) is 0 Å². The molecule has 0 aliphatic rings. The number of hydrogen-bond donors (Lipinski definition) is 0. The number of esters is 1. The Hall–Kier alpha value is -1.84. The number of ether oxygens (including phenoxy) is 1. The number of carbonyl (C=O) groups excluding carboxylic acids is 1. The van der Waals surface area contributed by atoms with E-state index in [1.54, 1.807) is 6.92 Å². The van der Waals surface area contributed by atoms with Crippen LogP contribution in [0.4, 0.5) is 13.2 Å². The highest BCUT2D eigenvalue weighted by Crippen LogP contribution is 2.30. The van der Waals surface area contributed by atoms with Crippen molar-refractivity contribution in [1.82, 2.24) is 19.6 Å². The van der Waals surface area contributed by atoms with Crippen LogP contribution in [0.3, 0.4) is 0 Å². The van der Waals surface area contributed by atoms with Gasteiger partial charge in [-0.1, -0.05) is 11.8 Å². The van der Waals surface area contributed by atoms with E-state index >= 15 is 0 Å². The molecule has 6 nitrogen and oxygen atoms in total. The molecule has 0 fully saturated rings. The summed E-state index contributed by atoms with van der Waals surface area (Å²) in [6.07, 6.45) is -3.50. The second kappa shape index (κ2) is 5.65. The summed E-state index contributed by atoms with van der Waals surface area (Å²) in [5.74, 6) is -0.813. The minimum absolute atomic E-state index is 0.118. The van der Waals surface area contributed by atoms with Gasteiger partial charge < -0.3 is 4.74 Å². The Morgan fingerprint density at radius 1 is 1.50 bits per heavy atom. The van der Waals surface area contributed by atoms with Crippen LogP contribution in [-0.4, -0.2) is 37.9 Å². The Bertz CT molecular complexity index is 628. The summed E-state index contributed by atoms with van der Waals surface area (Å²) >= 11 is 0.879. The van der Waals surface area contributed by atoms with E-state index in [9.17, 15) is 18.0 Å². The third-order valence-corrected chi connectivity index (χ3v) is 3.12. The number of alkyl halides is 3. The first-order chi connectivity index (χ1) is 9.41. The molecule has 2 heterocycles. The first-order valence-electron chi connectivity index (χ1n) is 5.48.